The van der Waals surface area contributed by atoms with Crippen molar-refractivity contribution in [2.45, 2.75) is 36.7 Å². The second-order valence-electron chi connectivity index (χ2n) is 9.35. The molecule has 198 valence electrons. The van der Waals surface area contributed by atoms with E-state index in [1.807, 2.05) is 42.5 Å². The molecule has 1 fully saturated rings. The van der Waals surface area contributed by atoms with E-state index in [1.54, 1.807) is 18.2 Å². The molecule has 0 unspecified atom stereocenters. The van der Waals surface area contributed by atoms with Crippen molar-refractivity contribution in [1.29, 1.82) is 0 Å². The Kier molecular flexibility index (Phi) is 7.32. The summed E-state index contributed by atoms with van der Waals surface area (Å²) in [6, 6.07) is 27.1. The van der Waals surface area contributed by atoms with Crippen LogP contribution in [0.5, 0.6) is 5.75 Å². The van der Waals surface area contributed by atoms with E-state index >= 15 is 0 Å². The first kappa shape index (κ1) is 26.1. The Morgan fingerprint density at radius 2 is 1.50 bits per heavy atom. The lowest BCUT2D eigenvalue weighted by atomic mass is 10.0. The molecule has 0 N–H and O–H groups in total. The quantitative estimate of drug-likeness (QED) is 0.265. The molecular formula is C29H27F3N2O3S. The summed E-state index contributed by atoms with van der Waals surface area (Å²) >= 11 is 0. The molecule has 1 saturated heterocycles. The first-order valence-corrected chi connectivity index (χ1v) is 13.8. The van der Waals surface area contributed by atoms with Gasteiger partial charge in [0.05, 0.1) is 10.6 Å². The molecule has 0 saturated carbocycles. The lowest BCUT2D eigenvalue weighted by Crippen LogP contribution is -2.47. The second kappa shape index (κ2) is 10.7. The molecular weight excluding hydrogens is 513 g/mol. The molecule has 0 aromatic heterocycles. The minimum atomic E-state index is -4.89. The van der Waals surface area contributed by atoms with Gasteiger partial charge in [-0.25, -0.2) is 8.42 Å². The van der Waals surface area contributed by atoms with Crippen LogP contribution in [-0.4, -0.2) is 38.8 Å². The van der Waals surface area contributed by atoms with Crippen molar-refractivity contribution < 1.29 is 26.3 Å². The van der Waals surface area contributed by atoms with Crippen LogP contribution in [0.2, 0.25) is 0 Å². The third-order valence-electron chi connectivity index (χ3n) is 6.72. The number of benzene rings is 4. The summed E-state index contributed by atoms with van der Waals surface area (Å²) in [5.74, 6) is -0.463. The van der Waals surface area contributed by atoms with Gasteiger partial charge in [0.1, 0.15) is 5.75 Å². The van der Waals surface area contributed by atoms with Crippen LogP contribution in [0.1, 0.15) is 18.4 Å². The summed E-state index contributed by atoms with van der Waals surface area (Å²) in [5.41, 5.74) is 1.31. The van der Waals surface area contributed by atoms with E-state index in [4.69, 9.17) is 0 Å². The molecule has 5 nitrogen and oxygen atoms in total. The summed E-state index contributed by atoms with van der Waals surface area (Å²) in [6.45, 7) is 2.06. The van der Waals surface area contributed by atoms with Crippen LogP contribution in [0, 0.1) is 0 Å². The minimum absolute atomic E-state index is 0.0880. The smallest absolute Gasteiger partial charge is 0.406 e. The van der Waals surface area contributed by atoms with Gasteiger partial charge in [-0.15, -0.1) is 13.2 Å². The van der Waals surface area contributed by atoms with Gasteiger partial charge in [-0.2, -0.15) is 0 Å². The highest BCUT2D eigenvalue weighted by Gasteiger charge is 2.36. The van der Waals surface area contributed by atoms with Crippen LogP contribution in [0.3, 0.4) is 0 Å². The third-order valence-corrected chi connectivity index (χ3v) is 8.60. The van der Waals surface area contributed by atoms with Crippen molar-refractivity contribution in [3.05, 3.63) is 103 Å². The van der Waals surface area contributed by atoms with E-state index in [1.165, 1.54) is 28.1 Å². The molecule has 9 heteroatoms. The van der Waals surface area contributed by atoms with Gasteiger partial charge >= 0.3 is 6.36 Å². The summed E-state index contributed by atoms with van der Waals surface area (Å²) in [5, 5.41) is 1.66. The monoisotopic (exact) mass is 540 g/mol. The van der Waals surface area contributed by atoms with E-state index in [-0.39, 0.29) is 10.6 Å². The normalized spacial score (nSPS) is 15.4. The highest BCUT2D eigenvalue weighted by atomic mass is 32.2. The lowest BCUT2D eigenvalue weighted by Gasteiger charge is -2.39. The first-order valence-electron chi connectivity index (χ1n) is 12.3. The molecule has 4 aromatic rings. The number of rotatable bonds is 7. The lowest BCUT2D eigenvalue weighted by molar-refractivity contribution is -0.274. The Hall–Kier alpha value is -3.56. The average molecular weight is 541 g/mol. The molecule has 1 aliphatic rings. The predicted molar refractivity (Wildman–Crippen MR) is 141 cm³/mol. The SMILES string of the molecule is O=S(=O)(c1ccc2ccccc2c1)N(c1cccc(OC(F)(F)F)c1)C1CCN(Cc2ccccc2)CC1. The Bertz CT molecular complexity index is 1500. The molecule has 5 rings (SSSR count). The number of nitrogens with zero attached hydrogens (tertiary/aromatic N) is 2. The summed E-state index contributed by atoms with van der Waals surface area (Å²) in [6.07, 6.45) is -3.82. The van der Waals surface area contributed by atoms with Gasteiger partial charge in [0.25, 0.3) is 10.0 Å². The molecule has 4 aromatic carbocycles. The Labute approximate surface area is 220 Å². The number of piperidine rings is 1. The average Bonchev–Trinajstić information content (AvgIpc) is 2.89. The maximum atomic E-state index is 14.1. The fraction of sp³-hybridized carbons (Fsp3) is 0.241. The van der Waals surface area contributed by atoms with Crippen LogP contribution in [0.4, 0.5) is 18.9 Å². The van der Waals surface area contributed by atoms with E-state index in [0.29, 0.717) is 25.9 Å². The molecule has 0 bridgehead atoms. The van der Waals surface area contributed by atoms with E-state index in [0.717, 1.165) is 23.4 Å². The van der Waals surface area contributed by atoms with Crippen molar-refractivity contribution in [2.75, 3.05) is 17.4 Å². The molecule has 0 aliphatic carbocycles. The van der Waals surface area contributed by atoms with Crippen molar-refractivity contribution in [2.24, 2.45) is 0 Å². The molecule has 1 heterocycles. The van der Waals surface area contributed by atoms with E-state index in [9.17, 15) is 21.6 Å². The van der Waals surface area contributed by atoms with E-state index in [2.05, 4.69) is 21.8 Å². The number of hydrogen-bond donors (Lipinski definition) is 0. The fourth-order valence-electron chi connectivity index (χ4n) is 4.96. The molecule has 0 radical (unpaired) electrons. The van der Waals surface area contributed by atoms with Gasteiger partial charge in [0.2, 0.25) is 0 Å². The van der Waals surface area contributed by atoms with Crippen molar-refractivity contribution >= 4 is 26.5 Å². The predicted octanol–water partition coefficient (Wildman–Crippen LogP) is 6.60. The van der Waals surface area contributed by atoms with Gasteiger partial charge in [0, 0.05) is 31.7 Å². The minimum Gasteiger partial charge on any atom is -0.406 e. The zero-order valence-electron chi connectivity index (χ0n) is 20.5. The molecule has 1 aliphatic heterocycles. The largest absolute Gasteiger partial charge is 0.573 e. The Balaban J connectivity index is 1.48. The second-order valence-corrected chi connectivity index (χ2v) is 11.2. The zero-order valence-corrected chi connectivity index (χ0v) is 21.3. The number of ether oxygens (including phenoxy) is 1. The van der Waals surface area contributed by atoms with Crippen LogP contribution in [-0.2, 0) is 16.6 Å². The number of halogens is 3. The number of fused-ring (bicyclic) bond motifs is 1. The summed E-state index contributed by atoms with van der Waals surface area (Å²) < 4.78 is 72.4. The fourth-order valence-corrected chi connectivity index (χ4v) is 6.70. The van der Waals surface area contributed by atoms with Gasteiger partial charge in [-0.1, -0.05) is 66.7 Å². The van der Waals surface area contributed by atoms with Crippen LogP contribution >= 0.6 is 0 Å². The number of hydrogen-bond acceptors (Lipinski definition) is 4. The highest BCUT2D eigenvalue weighted by molar-refractivity contribution is 7.92. The van der Waals surface area contributed by atoms with Crippen LogP contribution in [0.25, 0.3) is 10.8 Å². The van der Waals surface area contributed by atoms with Gasteiger partial charge in [-0.05, 0) is 53.4 Å². The highest BCUT2D eigenvalue weighted by Crippen LogP contribution is 2.35. The standard InChI is InChI=1S/C29H27F3N2O3S/c30-29(31,32)37-27-12-6-11-26(20-27)34(25-15-17-33(18-16-25)21-22-7-2-1-3-8-22)38(35,36)28-14-13-23-9-4-5-10-24(23)19-28/h1-14,19-20,25H,15-18,21H2. The number of anilines is 1. The number of sulfonamides is 1. The molecule has 0 amide bonds. The van der Waals surface area contributed by atoms with Crippen LogP contribution < -0.4 is 9.04 Å². The van der Waals surface area contributed by atoms with E-state index < -0.39 is 28.2 Å². The maximum absolute atomic E-state index is 14.1. The summed E-state index contributed by atoms with van der Waals surface area (Å²) in [4.78, 5) is 2.35. The number of alkyl halides is 3. The topological polar surface area (TPSA) is 49.9 Å². The molecule has 0 atom stereocenters. The van der Waals surface area contributed by atoms with Gasteiger partial charge in [-0.3, -0.25) is 9.21 Å². The van der Waals surface area contributed by atoms with Crippen molar-refractivity contribution in [1.82, 2.24) is 4.90 Å². The molecule has 38 heavy (non-hydrogen) atoms. The summed E-state index contributed by atoms with van der Waals surface area (Å²) in [7, 11) is -4.10. The van der Waals surface area contributed by atoms with Gasteiger partial charge in [0.15, 0.2) is 0 Å². The Morgan fingerprint density at radius 3 is 2.21 bits per heavy atom. The van der Waals surface area contributed by atoms with Crippen molar-refractivity contribution in [3.8, 4) is 5.75 Å². The molecule has 0 spiro atoms. The maximum Gasteiger partial charge on any atom is 0.573 e. The Morgan fingerprint density at radius 1 is 0.816 bits per heavy atom. The van der Waals surface area contributed by atoms with Crippen molar-refractivity contribution in [3.63, 3.8) is 0 Å². The van der Waals surface area contributed by atoms with Gasteiger partial charge < -0.3 is 4.74 Å². The first-order chi connectivity index (χ1) is 18.2. The number of likely N-dealkylation sites (tertiary alicyclic amines) is 1. The zero-order chi connectivity index (χ0) is 26.8. The third kappa shape index (κ3) is 5.95. The van der Waals surface area contributed by atoms with Crippen LogP contribution in [0.15, 0.2) is 102 Å².